The molecule has 0 saturated heterocycles. The molecule has 0 saturated carbocycles. The number of esters is 1. The summed E-state index contributed by atoms with van der Waals surface area (Å²) in [6.07, 6.45) is 17.1. The van der Waals surface area contributed by atoms with E-state index >= 15 is 0 Å². The fourth-order valence-corrected chi connectivity index (χ4v) is 3.36. The summed E-state index contributed by atoms with van der Waals surface area (Å²) in [6, 6.07) is 8.45. The van der Waals surface area contributed by atoms with Crippen LogP contribution in [0.2, 0.25) is 0 Å². The molecular weight excluding hydrogens is 400 g/mol. The molecule has 0 bridgehead atoms. The van der Waals surface area contributed by atoms with Gasteiger partial charge in [0.05, 0.1) is 19.0 Å². The van der Waals surface area contributed by atoms with Gasteiger partial charge in [-0.05, 0) is 43.4 Å². The highest BCUT2D eigenvalue weighted by molar-refractivity contribution is 5.72. The van der Waals surface area contributed by atoms with Crippen molar-refractivity contribution < 1.29 is 14.3 Å². The predicted molar refractivity (Wildman–Crippen MR) is 129 cm³/mol. The number of hydrogen-bond acceptors (Lipinski definition) is 5. The summed E-state index contributed by atoms with van der Waals surface area (Å²) in [5.74, 6) is 1.88. The maximum Gasteiger partial charge on any atom is 0.311 e. The summed E-state index contributed by atoms with van der Waals surface area (Å²) in [6.45, 7) is 6.68. The Balaban J connectivity index is 1.59. The van der Waals surface area contributed by atoms with Crippen molar-refractivity contribution in [1.82, 2.24) is 9.97 Å². The van der Waals surface area contributed by atoms with Crippen LogP contribution >= 0.6 is 0 Å². The Labute approximate surface area is 194 Å². The molecule has 0 radical (unpaired) electrons. The van der Waals surface area contributed by atoms with E-state index in [0.717, 1.165) is 63.1 Å². The van der Waals surface area contributed by atoms with Crippen molar-refractivity contribution in [3.63, 3.8) is 0 Å². The molecule has 0 atom stereocenters. The van der Waals surface area contributed by atoms with Gasteiger partial charge in [-0.3, -0.25) is 4.79 Å². The van der Waals surface area contributed by atoms with Gasteiger partial charge in [0.2, 0.25) is 0 Å². The Morgan fingerprint density at radius 2 is 1.62 bits per heavy atom. The van der Waals surface area contributed by atoms with Crippen LogP contribution in [0.25, 0.3) is 0 Å². The molecule has 5 heteroatoms. The number of benzene rings is 1. The van der Waals surface area contributed by atoms with Crippen LogP contribution in [0.3, 0.4) is 0 Å². The molecule has 0 unspecified atom stereocenters. The van der Waals surface area contributed by atoms with Crippen LogP contribution in [0.5, 0.6) is 11.5 Å². The maximum atomic E-state index is 11.7. The number of nitrogens with zero attached hydrogens (tertiary/aromatic N) is 2. The highest BCUT2D eigenvalue weighted by Gasteiger charge is 2.05. The van der Waals surface area contributed by atoms with E-state index in [-0.39, 0.29) is 5.97 Å². The Hall–Kier alpha value is -2.56. The molecule has 0 spiro atoms. The molecule has 32 heavy (non-hydrogen) atoms. The van der Waals surface area contributed by atoms with Crippen molar-refractivity contribution >= 4 is 5.97 Å². The van der Waals surface area contributed by atoms with Gasteiger partial charge in [-0.2, -0.15) is 0 Å². The Morgan fingerprint density at radius 3 is 2.34 bits per heavy atom. The lowest BCUT2D eigenvalue weighted by molar-refractivity contribution is -0.134. The van der Waals surface area contributed by atoms with Gasteiger partial charge in [0.1, 0.15) is 11.6 Å². The SMILES string of the molecule is [CH2+][CH-]CCCC(=O)Oc1cnc(CCCCc2ccc(OCCCCCCC)cc2)nc1. The molecule has 1 heterocycles. The van der Waals surface area contributed by atoms with Gasteiger partial charge >= 0.3 is 5.97 Å². The zero-order valence-electron chi connectivity index (χ0n) is 19.6. The van der Waals surface area contributed by atoms with E-state index in [0.29, 0.717) is 12.2 Å². The van der Waals surface area contributed by atoms with Gasteiger partial charge in [0.15, 0.2) is 5.75 Å². The minimum absolute atomic E-state index is 0.258. The van der Waals surface area contributed by atoms with Crippen molar-refractivity contribution in [1.29, 1.82) is 0 Å². The molecule has 2 aromatic rings. The number of carbonyl (C=O) groups excluding carboxylic acids is 1. The molecule has 1 aromatic heterocycles. The molecule has 0 N–H and O–H groups in total. The minimum Gasteiger partial charge on any atom is -0.494 e. The van der Waals surface area contributed by atoms with Crippen LogP contribution < -0.4 is 9.47 Å². The van der Waals surface area contributed by atoms with E-state index in [2.05, 4.69) is 48.1 Å². The van der Waals surface area contributed by atoms with Crippen molar-refractivity contribution in [2.45, 2.75) is 84.0 Å². The molecule has 0 aliphatic rings. The molecule has 174 valence electrons. The standard InChI is InChI=1S/C27H38N2O3/c1-3-5-7-8-12-20-31-24-18-16-23(17-19-24)13-10-11-14-26-28-21-25(22-29-26)32-27(30)15-9-6-4-2/h4,16-19,21-22H,2-3,5-15,20H2,1H3. The van der Waals surface area contributed by atoms with Crippen molar-refractivity contribution in [3.05, 3.63) is 61.4 Å². The first-order valence-electron chi connectivity index (χ1n) is 12.1. The second-order valence-electron chi connectivity index (χ2n) is 8.10. The molecule has 2 rings (SSSR count). The van der Waals surface area contributed by atoms with E-state index in [1.54, 1.807) is 18.8 Å². The van der Waals surface area contributed by atoms with Crippen LogP contribution in [-0.4, -0.2) is 22.5 Å². The summed E-state index contributed by atoms with van der Waals surface area (Å²) in [5, 5.41) is 0. The Morgan fingerprint density at radius 1 is 0.906 bits per heavy atom. The minimum atomic E-state index is -0.258. The van der Waals surface area contributed by atoms with E-state index in [1.807, 2.05) is 0 Å². The van der Waals surface area contributed by atoms with Crippen molar-refractivity contribution in [2.75, 3.05) is 6.61 Å². The van der Waals surface area contributed by atoms with E-state index in [1.165, 1.54) is 31.2 Å². The fourth-order valence-electron chi connectivity index (χ4n) is 3.36. The topological polar surface area (TPSA) is 61.3 Å². The second kappa shape index (κ2) is 16.1. The summed E-state index contributed by atoms with van der Waals surface area (Å²) in [7, 11) is 0. The van der Waals surface area contributed by atoms with Gasteiger partial charge in [-0.15, -0.1) is 12.8 Å². The lowest BCUT2D eigenvalue weighted by Gasteiger charge is -2.07. The molecule has 5 nitrogen and oxygen atoms in total. The molecule has 0 amide bonds. The first-order valence-corrected chi connectivity index (χ1v) is 12.1. The Kier molecular flexibility index (Phi) is 13.0. The quantitative estimate of drug-likeness (QED) is 0.160. The summed E-state index contributed by atoms with van der Waals surface area (Å²) in [5.41, 5.74) is 1.32. The normalized spacial score (nSPS) is 10.8. The summed E-state index contributed by atoms with van der Waals surface area (Å²) >= 11 is 0. The molecular formula is C27H38N2O3. The number of unbranched alkanes of at least 4 members (excludes halogenated alkanes) is 7. The first-order chi connectivity index (χ1) is 15.7. The van der Waals surface area contributed by atoms with E-state index in [4.69, 9.17) is 9.47 Å². The van der Waals surface area contributed by atoms with Gasteiger partial charge in [0.25, 0.3) is 0 Å². The maximum absolute atomic E-state index is 11.7. The van der Waals surface area contributed by atoms with Crippen LogP contribution in [0.15, 0.2) is 36.7 Å². The Bertz CT molecular complexity index is 745. The lowest BCUT2D eigenvalue weighted by atomic mass is 10.1. The number of aryl methyl sites for hydroxylation is 2. The summed E-state index contributed by atoms with van der Waals surface area (Å²) in [4.78, 5) is 20.3. The zero-order valence-corrected chi connectivity index (χ0v) is 19.6. The third-order valence-electron chi connectivity index (χ3n) is 5.26. The highest BCUT2D eigenvalue weighted by Crippen LogP contribution is 2.16. The van der Waals surface area contributed by atoms with Crippen LogP contribution in [0.1, 0.15) is 82.5 Å². The van der Waals surface area contributed by atoms with Crippen molar-refractivity contribution in [3.8, 4) is 11.5 Å². The number of hydrogen-bond donors (Lipinski definition) is 0. The van der Waals surface area contributed by atoms with Crippen LogP contribution in [-0.2, 0) is 17.6 Å². The predicted octanol–water partition coefficient (Wildman–Crippen LogP) is 6.51. The first kappa shape index (κ1) is 25.7. The van der Waals surface area contributed by atoms with Gasteiger partial charge in [-0.1, -0.05) is 58.1 Å². The molecule has 1 aromatic carbocycles. The second-order valence-corrected chi connectivity index (χ2v) is 8.10. The van der Waals surface area contributed by atoms with Crippen LogP contribution in [0, 0.1) is 13.3 Å². The van der Waals surface area contributed by atoms with Gasteiger partial charge in [-0.25, -0.2) is 9.97 Å². The lowest BCUT2D eigenvalue weighted by Crippen LogP contribution is -2.08. The number of rotatable bonds is 17. The van der Waals surface area contributed by atoms with Crippen LogP contribution in [0.4, 0.5) is 0 Å². The van der Waals surface area contributed by atoms with E-state index < -0.39 is 0 Å². The van der Waals surface area contributed by atoms with Gasteiger partial charge in [0, 0.05) is 12.8 Å². The largest absolute Gasteiger partial charge is 0.494 e. The number of ether oxygens (including phenoxy) is 2. The highest BCUT2D eigenvalue weighted by atomic mass is 16.5. The number of carbonyl (C=O) groups is 1. The molecule has 0 fully saturated rings. The number of aromatic nitrogens is 2. The monoisotopic (exact) mass is 438 g/mol. The fraction of sp³-hybridized carbons (Fsp3) is 0.519. The molecule has 0 aliphatic carbocycles. The molecule has 0 aliphatic heterocycles. The third kappa shape index (κ3) is 11.2. The van der Waals surface area contributed by atoms with Gasteiger partial charge < -0.3 is 9.47 Å². The zero-order chi connectivity index (χ0) is 22.9. The van der Waals surface area contributed by atoms with Crippen molar-refractivity contribution in [2.24, 2.45) is 0 Å². The smallest absolute Gasteiger partial charge is 0.311 e. The summed E-state index contributed by atoms with van der Waals surface area (Å²) < 4.78 is 11.1. The van der Waals surface area contributed by atoms with E-state index in [9.17, 15) is 4.79 Å². The average Bonchev–Trinajstić information content (AvgIpc) is 2.81. The average molecular weight is 439 g/mol. The third-order valence-corrected chi connectivity index (χ3v) is 5.26.